The molecule has 0 aromatic heterocycles. The van der Waals surface area contributed by atoms with Crippen molar-refractivity contribution < 1.29 is 9.59 Å². The van der Waals surface area contributed by atoms with Crippen molar-refractivity contribution in [3.63, 3.8) is 0 Å². The largest absolute Gasteiger partial charge is 0.374 e. The van der Waals surface area contributed by atoms with E-state index in [0.717, 1.165) is 24.2 Å². The number of carbonyl (C=O) groups excluding carboxylic acids is 2. The predicted molar refractivity (Wildman–Crippen MR) is 88.8 cm³/mol. The normalized spacial score (nSPS) is 16.6. The number of amides is 2. The summed E-state index contributed by atoms with van der Waals surface area (Å²) in [6.45, 7) is 3.32. The quantitative estimate of drug-likeness (QED) is 0.783. The smallest absolute Gasteiger partial charge is 0.242 e. The van der Waals surface area contributed by atoms with Crippen LogP contribution in [0.4, 0.5) is 11.4 Å². The van der Waals surface area contributed by atoms with Gasteiger partial charge in [-0.1, -0.05) is 25.3 Å². The fourth-order valence-electron chi connectivity index (χ4n) is 2.78. The molecule has 0 heterocycles. The Kier molecular flexibility index (Phi) is 5.81. The van der Waals surface area contributed by atoms with E-state index in [-0.39, 0.29) is 17.9 Å². The molecule has 0 radical (unpaired) electrons. The van der Waals surface area contributed by atoms with Gasteiger partial charge >= 0.3 is 0 Å². The first-order valence-electron chi connectivity index (χ1n) is 7.99. The second-order valence-electron chi connectivity index (χ2n) is 5.97. The number of hydrogen-bond donors (Lipinski definition) is 3. The first kappa shape index (κ1) is 16.3. The molecule has 1 saturated carbocycles. The lowest BCUT2D eigenvalue weighted by molar-refractivity contribution is -0.122. The molecule has 0 saturated heterocycles. The number of nitrogens with one attached hydrogen (secondary N) is 3. The van der Waals surface area contributed by atoms with Crippen molar-refractivity contribution in [1.82, 2.24) is 5.32 Å². The van der Waals surface area contributed by atoms with Gasteiger partial charge in [0.1, 0.15) is 6.04 Å². The Morgan fingerprint density at radius 3 is 2.50 bits per heavy atom. The molecule has 120 valence electrons. The van der Waals surface area contributed by atoms with Gasteiger partial charge in [0.05, 0.1) is 0 Å². The molecule has 0 bridgehead atoms. The zero-order valence-electron chi connectivity index (χ0n) is 13.3. The van der Waals surface area contributed by atoms with Crippen LogP contribution in [-0.4, -0.2) is 23.9 Å². The van der Waals surface area contributed by atoms with Gasteiger partial charge in [-0.3, -0.25) is 9.59 Å². The van der Waals surface area contributed by atoms with Gasteiger partial charge in [-0.25, -0.2) is 0 Å². The van der Waals surface area contributed by atoms with Crippen molar-refractivity contribution in [3.05, 3.63) is 24.3 Å². The topological polar surface area (TPSA) is 70.2 Å². The van der Waals surface area contributed by atoms with E-state index in [1.165, 1.54) is 26.2 Å². The highest BCUT2D eigenvalue weighted by Crippen LogP contribution is 2.18. The Morgan fingerprint density at radius 1 is 1.14 bits per heavy atom. The van der Waals surface area contributed by atoms with Crippen LogP contribution in [0.5, 0.6) is 0 Å². The van der Waals surface area contributed by atoms with Gasteiger partial charge in [-0.2, -0.15) is 0 Å². The van der Waals surface area contributed by atoms with E-state index in [2.05, 4.69) is 16.0 Å². The van der Waals surface area contributed by atoms with Crippen LogP contribution in [0.25, 0.3) is 0 Å². The van der Waals surface area contributed by atoms with Crippen LogP contribution in [0.15, 0.2) is 24.3 Å². The van der Waals surface area contributed by atoms with E-state index >= 15 is 0 Å². The lowest BCUT2D eigenvalue weighted by Crippen LogP contribution is -2.44. The molecule has 22 heavy (non-hydrogen) atoms. The summed E-state index contributed by atoms with van der Waals surface area (Å²) in [5.74, 6) is -0.0860. The molecule has 0 spiro atoms. The second-order valence-corrected chi connectivity index (χ2v) is 5.97. The van der Waals surface area contributed by atoms with E-state index < -0.39 is 0 Å². The molecule has 1 aromatic carbocycles. The van der Waals surface area contributed by atoms with E-state index in [9.17, 15) is 9.59 Å². The van der Waals surface area contributed by atoms with Crippen molar-refractivity contribution in [2.45, 2.75) is 58.0 Å². The number of carbonyl (C=O) groups is 2. The molecule has 5 nitrogen and oxygen atoms in total. The van der Waals surface area contributed by atoms with Crippen molar-refractivity contribution in [2.24, 2.45) is 0 Å². The van der Waals surface area contributed by atoms with E-state index in [1.54, 1.807) is 0 Å². The van der Waals surface area contributed by atoms with Crippen LogP contribution in [-0.2, 0) is 9.59 Å². The van der Waals surface area contributed by atoms with E-state index in [4.69, 9.17) is 0 Å². The third-order valence-corrected chi connectivity index (χ3v) is 3.91. The molecule has 2 amide bonds. The average molecular weight is 303 g/mol. The molecule has 0 aliphatic heterocycles. The van der Waals surface area contributed by atoms with Crippen LogP contribution < -0.4 is 16.0 Å². The van der Waals surface area contributed by atoms with Crippen molar-refractivity contribution >= 4 is 23.2 Å². The highest BCUT2D eigenvalue weighted by molar-refractivity contribution is 5.89. The summed E-state index contributed by atoms with van der Waals surface area (Å²) >= 11 is 0. The monoisotopic (exact) mass is 303 g/mol. The number of benzene rings is 1. The molecule has 5 heteroatoms. The predicted octanol–water partition coefficient (Wildman–Crippen LogP) is 2.89. The average Bonchev–Trinajstić information content (AvgIpc) is 2.48. The summed E-state index contributed by atoms with van der Waals surface area (Å²) in [6, 6.07) is 7.38. The highest BCUT2D eigenvalue weighted by Gasteiger charge is 2.19. The first-order valence-corrected chi connectivity index (χ1v) is 7.99. The van der Waals surface area contributed by atoms with Crippen molar-refractivity contribution in [2.75, 3.05) is 10.6 Å². The maximum absolute atomic E-state index is 12.2. The molecule has 1 fully saturated rings. The lowest BCUT2D eigenvalue weighted by Gasteiger charge is -2.25. The highest BCUT2D eigenvalue weighted by atomic mass is 16.2. The minimum atomic E-state index is -0.311. The van der Waals surface area contributed by atoms with Gasteiger partial charge in [0, 0.05) is 24.3 Å². The van der Waals surface area contributed by atoms with Crippen LogP contribution in [0.3, 0.4) is 0 Å². The Balaban J connectivity index is 1.88. The molecule has 1 aliphatic rings. The van der Waals surface area contributed by atoms with Gasteiger partial charge in [0.2, 0.25) is 11.8 Å². The van der Waals surface area contributed by atoms with Gasteiger partial charge in [0.25, 0.3) is 0 Å². The molecule has 1 aromatic rings. The fraction of sp³-hybridized carbons (Fsp3) is 0.529. The molecular formula is C17H25N3O2. The van der Waals surface area contributed by atoms with Crippen LogP contribution in [0.1, 0.15) is 46.0 Å². The first-order chi connectivity index (χ1) is 10.5. The van der Waals surface area contributed by atoms with Crippen LogP contribution in [0.2, 0.25) is 0 Å². The number of anilines is 2. The minimum Gasteiger partial charge on any atom is -0.374 e. The van der Waals surface area contributed by atoms with E-state index in [1.807, 2.05) is 31.2 Å². The zero-order valence-corrected chi connectivity index (χ0v) is 13.3. The van der Waals surface area contributed by atoms with Crippen molar-refractivity contribution in [3.8, 4) is 0 Å². The van der Waals surface area contributed by atoms with E-state index in [0.29, 0.717) is 6.04 Å². The Hall–Kier alpha value is -2.04. The van der Waals surface area contributed by atoms with Gasteiger partial charge < -0.3 is 16.0 Å². The SMILES string of the molecule is CC(=O)Nc1cccc(N[C@H](C)C(=O)NC2CCCCC2)c1. The lowest BCUT2D eigenvalue weighted by atomic mass is 9.95. The van der Waals surface area contributed by atoms with Gasteiger partial charge in [0.15, 0.2) is 0 Å². The van der Waals surface area contributed by atoms with Gasteiger partial charge in [-0.15, -0.1) is 0 Å². The summed E-state index contributed by atoms with van der Waals surface area (Å²) < 4.78 is 0. The minimum absolute atomic E-state index is 0.0248. The molecule has 1 atom stereocenters. The molecular weight excluding hydrogens is 278 g/mol. The summed E-state index contributed by atoms with van der Waals surface area (Å²) in [5, 5.41) is 9.03. The third-order valence-electron chi connectivity index (χ3n) is 3.91. The number of rotatable bonds is 5. The maximum atomic E-state index is 12.2. The standard InChI is InChI=1S/C17H25N3O2/c1-12(17(22)20-14-7-4-3-5-8-14)18-15-9-6-10-16(11-15)19-13(2)21/h6,9-12,14,18H,3-5,7-8H2,1-2H3,(H,19,21)(H,20,22)/t12-/m1/s1. The Bertz CT molecular complexity index is 524. The molecule has 2 rings (SSSR count). The summed E-state index contributed by atoms with van der Waals surface area (Å²) in [6.07, 6.45) is 5.83. The fourth-order valence-corrected chi connectivity index (χ4v) is 2.78. The van der Waals surface area contributed by atoms with Crippen LogP contribution in [0, 0.1) is 0 Å². The Morgan fingerprint density at radius 2 is 1.82 bits per heavy atom. The molecule has 1 aliphatic carbocycles. The zero-order chi connectivity index (χ0) is 15.9. The molecule has 0 unspecified atom stereocenters. The Labute approximate surface area is 131 Å². The summed E-state index contributed by atoms with van der Waals surface area (Å²) in [5.41, 5.74) is 1.54. The number of hydrogen-bond acceptors (Lipinski definition) is 3. The summed E-state index contributed by atoms with van der Waals surface area (Å²) in [4.78, 5) is 23.3. The second kappa shape index (κ2) is 7.82. The third kappa shape index (κ3) is 5.06. The summed E-state index contributed by atoms with van der Waals surface area (Å²) in [7, 11) is 0. The van der Waals surface area contributed by atoms with Crippen LogP contribution >= 0.6 is 0 Å². The van der Waals surface area contributed by atoms with Crippen molar-refractivity contribution in [1.29, 1.82) is 0 Å². The van der Waals surface area contributed by atoms with Gasteiger partial charge in [-0.05, 0) is 38.0 Å². The molecule has 3 N–H and O–H groups in total. The maximum Gasteiger partial charge on any atom is 0.242 e.